The Morgan fingerprint density at radius 3 is 2.78 bits per heavy atom. The first-order valence-electron chi connectivity index (χ1n) is 11.8. The Morgan fingerprint density at radius 1 is 1.14 bits per heavy atom. The number of allylic oxidation sites excluding steroid dienone is 1. The van der Waals surface area contributed by atoms with E-state index < -0.39 is 6.10 Å². The summed E-state index contributed by atoms with van der Waals surface area (Å²) in [6.45, 7) is 5.86. The molecule has 5 rings (SSSR count). The molecule has 9 heteroatoms. The van der Waals surface area contributed by atoms with E-state index in [0.717, 1.165) is 45.9 Å². The topological polar surface area (TPSA) is 103 Å². The molecular formula is C27H28N6O3. The quantitative estimate of drug-likeness (QED) is 0.370. The molecule has 9 nitrogen and oxygen atoms in total. The maximum absolute atomic E-state index is 12.2. The average Bonchev–Trinajstić information content (AvgIpc) is 3.35. The molecule has 2 atom stereocenters. The second kappa shape index (κ2) is 9.79. The molecule has 0 fully saturated rings. The van der Waals surface area contributed by atoms with Crippen molar-refractivity contribution < 1.29 is 14.3 Å². The number of benzene rings is 2. The van der Waals surface area contributed by atoms with Gasteiger partial charge in [0.05, 0.1) is 5.52 Å². The number of methoxy groups -OCH3 is 1. The van der Waals surface area contributed by atoms with Gasteiger partial charge < -0.3 is 24.7 Å². The number of aryl methyl sites for hydroxylation is 1. The summed E-state index contributed by atoms with van der Waals surface area (Å²) in [5.74, 6) is 3.01. The predicted molar refractivity (Wildman–Crippen MR) is 139 cm³/mol. The fourth-order valence-electron chi connectivity index (χ4n) is 4.18. The molecule has 1 aliphatic rings. The number of rotatable bonds is 7. The highest BCUT2D eigenvalue weighted by atomic mass is 16.5. The SMILES string of the molecule is COC(C)C(=O)Nc1ccc2ncnc(Nc3ccc(OC4=Cc5nccn5C(C)C4)c(C)c3)c2c1. The van der Waals surface area contributed by atoms with Crippen LogP contribution >= 0.6 is 0 Å². The third kappa shape index (κ3) is 4.78. The van der Waals surface area contributed by atoms with Crippen LogP contribution in [0.25, 0.3) is 17.0 Å². The van der Waals surface area contributed by atoms with E-state index in [0.29, 0.717) is 17.5 Å². The molecule has 0 saturated heterocycles. The van der Waals surface area contributed by atoms with Gasteiger partial charge in [0.15, 0.2) is 0 Å². The van der Waals surface area contributed by atoms with E-state index in [1.165, 1.54) is 13.4 Å². The molecular weight excluding hydrogens is 456 g/mol. The number of nitrogens with one attached hydrogen (secondary N) is 2. The summed E-state index contributed by atoms with van der Waals surface area (Å²) in [5, 5.41) is 7.03. The van der Waals surface area contributed by atoms with E-state index in [1.54, 1.807) is 6.92 Å². The smallest absolute Gasteiger partial charge is 0.253 e. The minimum atomic E-state index is -0.552. The lowest BCUT2D eigenvalue weighted by atomic mass is 10.1. The summed E-state index contributed by atoms with van der Waals surface area (Å²) >= 11 is 0. The first kappa shape index (κ1) is 23.5. The number of nitrogens with zero attached hydrogens (tertiary/aromatic N) is 4. The van der Waals surface area contributed by atoms with Crippen LogP contribution in [0.5, 0.6) is 5.75 Å². The van der Waals surface area contributed by atoms with Crippen LogP contribution in [0.4, 0.5) is 17.2 Å². The standard InChI is InChI=1S/C27H28N6O3/c1-16-11-19(6-8-24(16)36-21-12-17(2)33-10-9-28-25(33)14-21)31-26-22-13-20(32-27(34)18(3)35-4)5-7-23(22)29-15-30-26/h5-11,13-15,17-18H,12H2,1-4H3,(H,32,34)(H,29,30,31). The number of carbonyl (C=O) groups excluding carboxylic acids is 1. The summed E-state index contributed by atoms with van der Waals surface area (Å²) in [6, 6.07) is 11.7. The first-order chi connectivity index (χ1) is 17.4. The van der Waals surface area contributed by atoms with Gasteiger partial charge in [-0.05, 0) is 62.7 Å². The maximum atomic E-state index is 12.2. The molecule has 0 radical (unpaired) electrons. The molecule has 0 aliphatic carbocycles. The number of hydrogen-bond donors (Lipinski definition) is 2. The lowest BCUT2D eigenvalue weighted by Gasteiger charge is -2.23. The second-order valence-corrected chi connectivity index (χ2v) is 8.89. The van der Waals surface area contributed by atoms with Crippen molar-refractivity contribution in [1.29, 1.82) is 0 Å². The summed E-state index contributed by atoms with van der Waals surface area (Å²) in [4.78, 5) is 25.4. The van der Waals surface area contributed by atoms with Crippen LogP contribution in [0.3, 0.4) is 0 Å². The van der Waals surface area contributed by atoms with Crippen molar-refractivity contribution in [3.8, 4) is 5.75 Å². The van der Waals surface area contributed by atoms with Gasteiger partial charge >= 0.3 is 0 Å². The largest absolute Gasteiger partial charge is 0.461 e. The van der Waals surface area contributed by atoms with Gasteiger partial charge in [0.2, 0.25) is 0 Å². The van der Waals surface area contributed by atoms with Crippen LogP contribution in [0.2, 0.25) is 0 Å². The predicted octanol–water partition coefficient (Wildman–Crippen LogP) is 5.24. The van der Waals surface area contributed by atoms with Crippen molar-refractivity contribution in [3.05, 3.63) is 72.3 Å². The van der Waals surface area contributed by atoms with Crippen molar-refractivity contribution in [1.82, 2.24) is 19.5 Å². The number of anilines is 3. The number of ether oxygens (including phenoxy) is 2. The molecule has 1 amide bonds. The average molecular weight is 485 g/mol. The van der Waals surface area contributed by atoms with Gasteiger partial charge in [-0.3, -0.25) is 4.79 Å². The van der Waals surface area contributed by atoms with E-state index in [4.69, 9.17) is 9.47 Å². The second-order valence-electron chi connectivity index (χ2n) is 8.89. The molecule has 36 heavy (non-hydrogen) atoms. The van der Waals surface area contributed by atoms with Crippen molar-refractivity contribution in [3.63, 3.8) is 0 Å². The van der Waals surface area contributed by atoms with Crippen molar-refractivity contribution >= 4 is 40.1 Å². The van der Waals surface area contributed by atoms with E-state index in [2.05, 4.69) is 37.1 Å². The summed E-state index contributed by atoms with van der Waals surface area (Å²) in [6.07, 6.45) is 7.56. The van der Waals surface area contributed by atoms with Gasteiger partial charge in [-0.1, -0.05) is 0 Å². The number of carbonyl (C=O) groups is 1. The zero-order valence-electron chi connectivity index (χ0n) is 20.6. The van der Waals surface area contributed by atoms with Crippen molar-refractivity contribution in [2.45, 2.75) is 39.3 Å². The van der Waals surface area contributed by atoms with Crippen LogP contribution in [0.1, 0.15) is 37.7 Å². The minimum Gasteiger partial charge on any atom is -0.461 e. The highest BCUT2D eigenvalue weighted by molar-refractivity contribution is 5.98. The third-order valence-corrected chi connectivity index (χ3v) is 6.26. The van der Waals surface area contributed by atoms with Crippen molar-refractivity contribution in [2.75, 3.05) is 17.7 Å². The Labute approximate surface area is 209 Å². The van der Waals surface area contributed by atoms with Crippen LogP contribution < -0.4 is 15.4 Å². The number of imidazole rings is 1. The number of amides is 1. The van der Waals surface area contributed by atoms with Gasteiger partial charge in [0.1, 0.15) is 35.6 Å². The summed E-state index contributed by atoms with van der Waals surface area (Å²) < 4.78 is 13.5. The molecule has 0 saturated carbocycles. The lowest BCUT2D eigenvalue weighted by molar-refractivity contribution is -0.124. The Hall–Kier alpha value is -4.24. The molecule has 184 valence electrons. The highest BCUT2D eigenvalue weighted by Gasteiger charge is 2.19. The Morgan fingerprint density at radius 2 is 1.97 bits per heavy atom. The monoisotopic (exact) mass is 484 g/mol. The van der Waals surface area contributed by atoms with E-state index in [1.807, 2.05) is 61.8 Å². The molecule has 0 bridgehead atoms. The molecule has 0 spiro atoms. The number of aromatic nitrogens is 4. The Kier molecular flexibility index (Phi) is 6.39. The Bertz CT molecular complexity index is 1460. The van der Waals surface area contributed by atoms with Gasteiger partial charge in [-0.2, -0.15) is 0 Å². The van der Waals surface area contributed by atoms with Crippen LogP contribution in [-0.4, -0.2) is 38.6 Å². The molecule has 2 aromatic carbocycles. The molecule has 1 aliphatic heterocycles. The Balaban J connectivity index is 1.36. The maximum Gasteiger partial charge on any atom is 0.253 e. The molecule has 3 heterocycles. The fourth-order valence-corrected chi connectivity index (χ4v) is 4.18. The fraction of sp³-hybridized carbons (Fsp3) is 0.259. The first-order valence-corrected chi connectivity index (χ1v) is 11.8. The molecule has 2 N–H and O–H groups in total. The number of hydrogen-bond acceptors (Lipinski definition) is 7. The molecule has 2 aromatic heterocycles. The molecule has 4 aromatic rings. The van der Waals surface area contributed by atoms with E-state index in [-0.39, 0.29) is 5.91 Å². The van der Waals surface area contributed by atoms with E-state index in [9.17, 15) is 4.79 Å². The van der Waals surface area contributed by atoms with Gasteiger partial charge in [-0.25, -0.2) is 15.0 Å². The summed E-state index contributed by atoms with van der Waals surface area (Å²) in [5.41, 5.74) is 3.26. The van der Waals surface area contributed by atoms with Crippen LogP contribution in [0, 0.1) is 6.92 Å². The lowest BCUT2D eigenvalue weighted by Crippen LogP contribution is -2.26. The zero-order valence-corrected chi connectivity index (χ0v) is 20.6. The van der Waals surface area contributed by atoms with Crippen LogP contribution in [-0.2, 0) is 9.53 Å². The number of fused-ring (bicyclic) bond motifs is 2. The molecule has 2 unspecified atom stereocenters. The van der Waals surface area contributed by atoms with Gasteiger partial charge in [-0.15, -0.1) is 0 Å². The highest BCUT2D eigenvalue weighted by Crippen LogP contribution is 2.32. The zero-order chi connectivity index (χ0) is 25.2. The van der Waals surface area contributed by atoms with E-state index >= 15 is 0 Å². The third-order valence-electron chi connectivity index (χ3n) is 6.26. The van der Waals surface area contributed by atoms with Crippen LogP contribution in [0.15, 0.2) is 60.9 Å². The summed E-state index contributed by atoms with van der Waals surface area (Å²) in [7, 11) is 1.50. The van der Waals surface area contributed by atoms with Crippen molar-refractivity contribution in [2.24, 2.45) is 0 Å². The minimum absolute atomic E-state index is 0.221. The van der Waals surface area contributed by atoms with Gasteiger partial charge in [0.25, 0.3) is 5.91 Å². The normalized spacial score (nSPS) is 15.7. The van der Waals surface area contributed by atoms with Gasteiger partial charge in [0, 0.05) is 54.8 Å².